The Morgan fingerprint density at radius 2 is 2.00 bits per heavy atom. The number of ether oxygens (including phenoxy) is 1. The number of aromatic amines is 1. The number of amides is 1. The maximum absolute atomic E-state index is 12.8. The van der Waals surface area contributed by atoms with Crippen molar-refractivity contribution in [1.82, 2.24) is 10.2 Å². The highest BCUT2D eigenvalue weighted by Crippen LogP contribution is 2.30. The highest BCUT2D eigenvalue weighted by Gasteiger charge is 2.33. The van der Waals surface area contributed by atoms with Gasteiger partial charge in [-0.25, -0.2) is 0 Å². The first-order valence-corrected chi connectivity index (χ1v) is 9.47. The van der Waals surface area contributed by atoms with Crippen LogP contribution < -0.4 is 5.32 Å². The van der Waals surface area contributed by atoms with Crippen molar-refractivity contribution in [2.75, 3.05) is 24.8 Å². The number of benzene rings is 1. The fourth-order valence-corrected chi connectivity index (χ4v) is 3.63. The molecule has 0 spiro atoms. The molecule has 8 heteroatoms. The molecule has 1 aromatic heterocycles. The van der Waals surface area contributed by atoms with Crippen LogP contribution in [0.3, 0.4) is 0 Å². The van der Waals surface area contributed by atoms with Crippen molar-refractivity contribution in [3.05, 3.63) is 58.3 Å². The van der Waals surface area contributed by atoms with Gasteiger partial charge in [0.1, 0.15) is 5.69 Å². The zero-order valence-electron chi connectivity index (χ0n) is 14.8. The van der Waals surface area contributed by atoms with Crippen LogP contribution in [0.2, 0.25) is 0 Å². The Kier molecular flexibility index (Phi) is 6.20. The summed E-state index contributed by atoms with van der Waals surface area (Å²) < 4.78 is 5.00. The lowest BCUT2D eigenvalue weighted by atomic mass is 9.99. The monoisotopic (exact) mass is 385 g/mol. The molecular weight excluding hydrogens is 366 g/mol. The number of aromatic nitrogens is 2. The van der Waals surface area contributed by atoms with E-state index in [-0.39, 0.29) is 28.5 Å². The smallest absolute Gasteiger partial charge is 0.276 e. The van der Waals surface area contributed by atoms with Crippen LogP contribution >= 0.6 is 11.8 Å². The number of unbranched alkanes of at least 4 members (excludes halogenated alkanes) is 1. The molecule has 1 aliphatic rings. The van der Waals surface area contributed by atoms with E-state index in [0.717, 1.165) is 12.8 Å². The number of nitrogens with one attached hydrogen (secondary N) is 2. The number of rotatable bonds is 8. The topological polar surface area (TPSA) is 101 Å². The maximum atomic E-state index is 12.8. The lowest BCUT2D eigenvalue weighted by molar-refractivity contribution is 0.0979. The molecular formula is C19H19N3O4S. The van der Waals surface area contributed by atoms with Crippen molar-refractivity contribution < 1.29 is 19.1 Å². The summed E-state index contributed by atoms with van der Waals surface area (Å²) in [5, 5.41) is 9.12. The number of ketones is 2. The molecule has 0 radical (unpaired) electrons. The summed E-state index contributed by atoms with van der Waals surface area (Å²) in [6.45, 7) is 0.655. The third kappa shape index (κ3) is 4.35. The van der Waals surface area contributed by atoms with Crippen LogP contribution in [0, 0.1) is 0 Å². The van der Waals surface area contributed by atoms with Gasteiger partial charge in [0.05, 0.1) is 10.5 Å². The molecule has 1 aliphatic carbocycles. The van der Waals surface area contributed by atoms with Crippen LogP contribution in [0.1, 0.15) is 44.2 Å². The second-order valence-corrected chi connectivity index (χ2v) is 7.03. The van der Waals surface area contributed by atoms with Crippen LogP contribution in [-0.2, 0) is 4.74 Å². The molecule has 1 amide bonds. The predicted molar refractivity (Wildman–Crippen MR) is 103 cm³/mol. The number of fused-ring (bicyclic) bond motifs is 1. The lowest BCUT2D eigenvalue weighted by Crippen LogP contribution is -2.20. The average Bonchev–Trinajstić information content (AvgIpc) is 3.12. The van der Waals surface area contributed by atoms with Crippen LogP contribution in [-0.4, -0.2) is 47.1 Å². The molecule has 0 aliphatic heterocycles. The highest BCUT2D eigenvalue weighted by molar-refractivity contribution is 8.04. The van der Waals surface area contributed by atoms with Gasteiger partial charge in [-0.3, -0.25) is 19.5 Å². The second kappa shape index (κ2) is 8.79. The summed E-state index contributed by atoms with van der Waals surface area (Å²) >= 11 is 1.31. The van der Waals surface area contributed by atoms with E-state index in [9.17, 15) is 14.4 Å². The molecule has 0 atom stereocenters. The number of H-pyrrole nitrogens is 1. The zero-order valence-corrected chi connectivity index (χ0v) is 15.6. The third-order valence-corrected chi connectivity index (χ3v) is 5.08. The van der Waals surface area contributed by atoms with Crippen molar-refractivity contribution in [3.8, 4) is 0 Å². The molecule has 2 N–H and O–H groups in total. The van der Waals surface area contributed by atoms with Crippen molar-refractivity contribution in [3.63, 3.8) is 0 Å². The summed E-state index contributed by atoms with van der Waals surface area (Å²) in [5.74, 6) is -0.554. The Bertz CT molecular complexity index is 890. The van der Waals surface area contributed by atoms with Gasteiger partial charge in [-0.05, 0) is 30.7 Å². The SMILES string of the molecule is COCCCCSC1=CC(=O)c2[nH]nc(C(=O)Nc3ccccc3)c2C1=O. The summed E-state index contributed by atoms with van der Waals surface area (Å²) in [7, 11) is 1.64. The van der Waals surface area contributed by atoms with E-state index < -0.39 is 5.91 Å². The van der Waals surface area contributed by atoms with E-state index >= 15 is 0 Å². The first kappa shape index (κ1) is 19.1. The molecule has 1 heterocycles. The Morgan fingerprint density at radius 1 is 1.22 bits per heavy atom. The van der Waals surface area contributed by atoms with E-state index in [1.165, 1.54) is 17.8 Å². The second-order valence-electron chi connectivity index (χ2n) is 5.89. The molecule has 1 aromatic carbocycles. The van der Waals surface area contributed by atoms with E-state index in [4.69, 9.17) is 4.74 Å². The minimum absolute atomic E-state index is 0.0373. The van der Waals surface area contributed by atoms with Gasteiger partial charge in [0.25, 0.3) is 5.91 Å². The first-order valence-electron chi connectivity index (χ1n) is 8.49. The number of thioether (sulfide) groups is 1. The highest BCUT2D eigenvalue weighted by atomic mass is 32.2. The van der Waals surface area contributed by atoms with Crippen molar-refractivity contribution in [2.45, 2.75) is 12.8 Å². The van der Waals surface area contributed by atoms with E-state index in [1.807, 2.05) is 6.07 Å². The molecule has 0 fully saturated rings. The normalized spacial score (nSPS) is 13.3. The fraction of sp³-hybridized carbons (Fsp3) is 0.263. The number of anilines is 1. The Balaban J connectivity index is 1.75. The van der Waals surface area contributed by atoms with Crippen molar-refractivity contribution in [2.24, 2.45) is 0 Å². The zero-order chi connectivity index (χ0) is 19.2. The molecule has 0 bridgehead atoms. The number of carbonyl (C=O) groups excluding carboxylic acids is 3. The summed E-state index contributed by atoms with van der Waals surface area (Å²) in [6.07, 6.45) is 3.04. The average molecular weight is 385 g/mol. The summed E-state index contributed by atoms with van der Waals surface area (Å²) in [4.78, 5) is 38.0. The van der Waals surface area contributed by atoms with E-state index in [0.29, 0.717) is 23.0 Å². The maximum Gasteiger partial charge on any atom is 0.276 e. The van der Waals surface area contributed by atoms with Gasteiger partial charge in [-0.2, -0.15) is 5.10 Å². The van der Waals surface area contributed by atoms with Gasteiger partial charge in [-0.1, -0.05) is 18.2 Å². The number of Topliss-reactive ketones (excluding diaryl/α,β-unsaturated/α-hetero) is 1. The number of nitrogens with zero attached hydrogens (tertiary/aromatic N) is 1. The molecule has 3 rings (SSSR count). The summed E-state index contributed by atoms with van der Waals surface area (Å²) in [5.41, 5.74) is 0.604. The van der Waals surface area contributed by atoms with Crippen molar-refractivity contribution in [1.29, 1.82) is 0 Å². The lowest BCUT2D eigenvalue weighted by Gasteiger charge is -2.12. The number of para-hydroxylation sites is 1. The first-order chi connectivity index (χ1) is 13.1. The van der Waals surface area contributed by atoms with Crippen LogP contribution in [0.15, 0.2) is 41.3 Å². The van der Waals surface area contributed by atoms with Gasteiger partial charge in [-0.15, -0.1) is 11.8 Å². The fourth-order valence-electron chi connectivity index (χ4n) is 2.64. The molecule has 27 heavy (non-hydrogen) atoms. The number of allylic oxidation sites excluding steroid dienone is 2. The van der Waals surface area contributed by atoms with Gasteiger partial charge in [0.2, 0.25) is 11.6 Å². The van der Waals surface area contributed by atoms with Crippen LogP contribution in [0.5, 0.6) is 0 Å². The van der Waals surface area contributed by atoms with Gasteiger partial charge >= 0.3 is 0 Å². The molecule has 7 nitrogen and oxygen atoms in total. The minimum atomic E-state index is -0.536. The molecule has 0 saturated carbocycles. The van der Waals surface area contributed by atoms with Crippen LogP contribution in [0.25, 0.3) is 0 Å². The summed E-state index contributed by atoms with van der Waals surface area (Å²) in [6, 6.07) is 8.85. The molecule has 2 aromatic rings. The largest absolute Gasteiger partial charge is 0.385 e. The Labute approximate surface area is 160 Å². The van der Waals surface area contributed by atoms with Gasteiger partial charge in [0.15, 0.2) is 5.69 Å². The number of hydrogen-bond acceptors (Lipinski definition) is 6. The third-order valence-electron chi connectivity index (χ3n) is 3.97. The standard InChI is InChI=1S/C19H19N3O4S/c1-26-9-5-6-10-27-14-11-13(23)16-15(18(14)24)17(22-21-16)19(25)20-12-7-3-2-4-8-12/h2-4,7-8,11H,5-6,9-10H2,1H3,(H,20,25)(H,21,22). The number of methoxy groups -OCH3 is 1. The minimum Gasteiger partial charge on any atom is -0.385 e. The van der Waals surface area contributed by atoms with Gasteiger partial charge < -0.3 is 10.1 Å². The van der Waals surface area contributed by atoms with Crippen molar-refractivity contribution >= 4 is 34.9 Å². The molecule has 140 valence electrons. The van der Waals surface area contributed by atoms with Crippen LogP contribution in [0.4, 0.5) is 5.69 Å². The van der Waals surface area contributed by atoms with E-state index in [2.05, 4.69) is 15.5 Å². The number of carbonyl (C=O) groups is 3. The Hall–Kier alpha value is -2.71. The quantitative estimate of drug-likeness (QED) is 0.677. The number of hydrogen-bond donors (Lipinski definition) is 2. The van der Waals surface area contributed by atoms with E-state index in [1.54, 1.807) is 31.4 Å². The Morgan fingerprint density at radius 3 is 2.74 bits per heavy atom. The predicted octanol–water partition coefficient (Wildman–Crippen LogP) is 3.08. The molecule has 0 unspecified atom stereocenters. The van der Waals surface area contributed by atoms with Gasteiger partial charge in [0, 0.05) is 25.5 Å². The molecule has 0 saturated heterocycles.